The maximum Gasteiger partial charge on any atom is 0.0638 e. The van der Waals surface area contributed by atoms with Gasteiger partial charge in [-0.2, -0.15) is 5.10 Å². The van der Waals surface area contributed by atoms with Crippen molar-refractivity contribution in [2.24, 2.45) is 0 Å². The molecule has 0 saturated heterocycles. The Morgan fingerprint density at radius 2 is 2.36 bits per heavy atom. The highest BCUT2D eigenvalue weighted by atomic mass is 15.3. The van der Waals surface area contributed by atoms with Crippen LogP contribution in [0.25, 0.3) is 0 Å². The van der Waals surface area contributed by atoms with Gasteiger partial charge in [0.1, 0.15) is 0 Å². The van der Waals surface area contributed by atoms with Crippen LogP contribution >= 0.6 is 0 Å². The first-order chi connectivity index (χ1) is 6.79. The first kappa shape index (κ1) is 9.71. The van der Waals surface area contributed by atoms with Crippen molar-refractivity contribution in [3.05, 3.63) is 17.5 Å². The van der Waals surface area contributed by atoms with Gasteiger partial charge in [-0.25, -0.2) is 0 Å². The van der Waals surface area contributed by atoms with Gasteiger partial charge in [-0.05, 0) is 26.2 Å². The fourth-order valence-electron chi connectivity index (χ4n) is 1.62. The molecule has 1 aromatic rings. The zero-order chi connectivity index (χ0) is 9.97. The molecule has 0 spiro atoms. The molecule has 1 N–H and O–H groups in total. The lowest BCUT2D eigenvalue weighted by molar-refractivity contribution is 0.597. The quantitative estimate of drug-likeness (QED) is 0.773. The summed E-state index contributed by atoms with van der Waals surface area (Å²) in [5, 5.41) is 7.99. The lowest BCUT2D eigenvalue weighted by Crippen LogP contribution is -2.15. The highest BCUT2D eigenvalue weighted by Crippen LogP contribution is 2.19. The molecule has 1 heterocycles. The van der Waals surface area contributed by atoms with Crippen LogP contribution in [0.1, 0.15) is 37.4 Å². The van der Waals surface area contributed by atoms with Crippen LogP contribution in [-0.4, -0.2) is 15.8 Å². The number of rotatable bonds is 5. The van der Waals surface area contributed by atoms with Crippen molar-refractivity contribution in [3.8, 4) is 0 Å². The van der Waals surface area contributed by atoms with Crippen LogP contribution in [0.15, 0.2) is 6.20 Å². The summed E-state index contributed by atoms with van der Waals surface area (Å²) in [4.78, 5) is 0. The smallest absolute Gasteiger partial charge is 0.0638 e. The largest absolute Gasteiger partial charge is 0.310 e. The van der Waals surface area contributed by atoms with Crippen LogP contribution in [0.4, 0.5) is 0 Å². The van der Waals surface area contributed by atoms with Gasteiger partial charge in [0.15, 0.2) is 0 Å². The van der Waals surface area contributed by atoms with Gasteiger partial charge in [-0.3, -0.25) is 4.68 Å². The van der Waals surface area contributed by atoms with Crippen LogP contribution in [0, 0.1) is 6.92 Å². The van der Waals surface area contributed by atoms with E-state index in [0.29, 0.717) is 0 Å². The zero-order valence-electron chi connectivity index (χ0n) is 9.08. The maximum atomic E-state index is 4.48. The number of aromatic nitrogens is 2. The van der Waals surface area contributed by atoms with E-state index in [-0.39, 0.29) is 0 Å². The maximum absolute atomic E-state index is 4.48. The molecule has 1 aromatic heterocycles. The predicted molar refractivity (Wildman–Crippen MR) is 57.1 cm³/mol. The summed E-state index contributed by atoms with van der Waals surface area (Å²) >= 11 is 0. The molecule has 0 radical (unpaired) electrons. The van der Waals surface area contributed by atoms with Crippen molar-refractivity contribution < 1.29 is 0 Å². The van der Waals surface area contributed by atoms with Crippen LogP contribution in [0.2, 0.25) is 0 Å². The molecule has 1 saturated carbocycles. The summed E-state index contributed by atoms with van der Waals surface area (Å²) in [5.74, 6) is 0. The van der Waals surface area contributed by atoms with Crippen molar-refractivity contribution in [1.82, 2.24) is 15.1 Å². The average molecular weight is 193 g/mol. The second kappa shape index (κ2) is 4.13. The van der Waals surface area contributed by atoms with Gasteiger partial charge in [0, 0.05) is 30.9 Å². The summed E-state index contributed by atoms with van der Waals surface area (Å²) in [6.07, 6.45) is 6.02. The molecule has 0 unspecified atom stereocenters. The fourth-order valence-corrected chi connectivity index (χ4v) is 1.62. The van der Waals surface area contributed by atoms with E-state index in [2.05, 4.69) is 35.1 Å². The fraction of sp³-hybridized carbons (Fsp3) is 0.727. The first-order valence-corrected chi connectivity index (χ1v) is 5.56. The minimum Gasteiger partial charge on any atom is -0.310 e. The van der Waals surface area contributed by atoms with E-state index >= 15 is 0 Å². The Kier molecular flexibility index (Phi) is 2.87. The van der Waals surface area contributed by atoms with Gasteiger partial charge in [0.2, 0.25) is 0 Å². The summed E-state index contributed by atoms with van der Waals surface area (Å²) in [7, 11) is 0. The minimum absolute atomic E-state index is 0.781. The summed E-state index contributed by atoms with van der Waals surface area (Å²) < 4.78 is 2.05. The van der Waals surface area contributed by atoms with Crippen molar-refractivity contribution >= 4 is 0 Å². The molecule has 14 heavy (non-hydrogen) atoms. The van der Waals surface area contributed by atoms with Crippen molar-refractivity contribution in [2.75, 3.05) is 0 Å². The van der Waals surface area contributed by atoms with Crippen molar-refractivity contribution in [3.63, 3.8) is 0 Å². The van der Waals surface area contributed by atoms with Gasteiger partial charge in [-0.15, -0.1) is 0 Å². The Bertz CT molecular complexity index is 299. The molecule has 1 aliphatic carbocycles. The van der Waals surface area contributed by atoms with Crippen LogP contribution < -0.4 is 5.32 Å². The van der Waals surface area contributed by atoms with Crippen molar-refractivity contribution in [2.45, 2.75) is 52.2 Å². The molecule has 0 bridgehead atoms. The van der Waals surface area contributed by atoms with E-state index < -0.39 is 0 Å². The van der Waals surface area contributed by atoms with Crippen LogP contribution in [0.3, 0.4) is 0 Å². The average Bonchev–Trinajstić information content (AvgIpc) is 2.90. The molecule has 1 aliphatic rings. The topological polar surface area (TPSA) is 29.9 Å². The lowest BCUT2D eigenvalue weighted by atomic mass is 10.2. The molecule has 3 heteroatoms. The molecule has 0 aromatic carbocycles. The highest BCUT2D eigenvalue weighted by Gasteiger charge is 2.20. The third-order valence-corrected chi connectivity index (χ3v) is 2.66. The van der Waals surface area contributed by atoms with Crippen LogP contribution in [0.5, 0.6) is 0 Å². The van der Waals surface area contributed by atoms with Gasteiger partial charge in [0.25, 0.3) is 0 Å². The van der Waals surface area contributed by atoms with E-state index in [9.17, 15) is 0 Å². The molecule has 78 valence electrons. The van der Waals surface area contributed by atoms with Gasteiger partial charge >= 0.3 is 0 Å². The van der Waals surface area contributed by atoms with E-state index in [0.717, 1.165) is 25.6 Å². The number of aryl methyl sites for hydroxylation is 2. The van der Waals surface area contributed by atoms with Crippen LogP contribution in [-0.2, 0) is 13.1 Å². The third-order valence-electron chi connectivity index (χ3n) is 2.66. The van der Waals surface area contributed by atoms with Gasteiger partial charge < -0.3 is 5.32 Å². The number of hydrogen-bond acceptors (Lipinski definition) is 2. The van der Waals surface area contributed by atoms with E-state index in [1.165, 1.54) is 24.1 Å². The molecule has 1 fully saturated rings. The monoisotopic (exact) mass is 193 g/mol. The molecule has 0 atom stereocenters. The first-order valence-electron chi connectivity index (χ1n) is 5.56. The minimum atomic E-state index is 0.781. The lowest BCUT2D eigenvalue weighted by Gasteiger charge is -1.99. The predicted octanol–water partition coefficient (Wildman–Crippen LogP) is 1.85. The molecular weight excluding hydrogens is 174 g/mol. The summed E-state index contributed by atoms with van der Waals surface area (Å²) in [5.41, 5.74) is 2.52. The second-order valence-corrected chi connectivity index (χ2v) is 4.16. The normalized spacial score (nSPS) is 16.1. The van der Waals surface area contributed by atoms with E-state index in [1.54, 1.807) is 0 Å². The molecule has 0 amide bonds. The Labute approximate surface area is 85.5 Å². The molecule has 3 nitrogen and oxygen atoms in total. The highest BCUT2D eigenvalue weighted by molar-refractivity contribution is 5.15. The zero-order valence-corrected chi connectivity index (χ0v) is 9.08. The molecule has 2 rings (SSSR count). The number of nitrogens with one attached hydrogen (secondary N) is 1. The van der Waals surface area contributed by atoms with Gasteiger partial charge in [-0.1, -0.05) is 6.92 Å². The van der Waals surface area contributed by atoms with E-state index in [4.69, 9.17) is 0 Å². The molecule has 0 aliphatic heterocycles. The summed E-state index contributed by atoms with van der Waals surface area (Å²) in [6.45, 7) is 6.29. The molecular formula is C11H19N3. The Morgan fingerprint density at radius 3 is 3.00 bits per heavy atom. The third kappa shape index (κ3) is 2.35. The SMILES string of the molecule is CCCn1cc(CNC2CC2)c(C)n1. The second-order valence-electron chi connectivity index (χ2n) is 4.16. The standard InChI is InChI=1S/C11H19N3/c1-3-6-14-8-10(9(2)13-14)7-12-11-4-5-11/h8,11-12H,3-7H2,1-2H3. The van der Waals surface area contributed by atoms with Crippen molar-refractivity contribution in [1.29, 1.82) is 0 Å². The number of hydrogen-bond donors (Lipinski definition) is 1. The van der Waals surface area contributed by atoms with E-state index in [1.807, 2.05) is 0 Å². The Hall–Kier alpha value is -0.830. The number of nitrogens with zero attached hydrogens (tertiary/aromatic N) is 2. The summed E-state index contributed by atoms with van der Waals surface area (Å²) in [6, 6.07) is 0.781. The Balaban J connectivity index is 1.93. The van der Waals surface area contributed by atoms with Gasteiger partial charge in [0.05, 0.1) is 5.69 Å². The Morgan fingerprint density at radius 1 is 1.57 bits per heavy atom.